The van der Waals surface area contributed by atoms with Crippen LogP contribution in [0.15, 0.2) is 24.3 Å². The van der Waals surface area contributed by atoms with Gasteiger partial charge in [-0.2, -0.15) is 0 Å². The van der Waals surface area contributed by atoms with Gasteiger partial charge >= 0.3 is 23.7 Å². The molecule has 0 fully saturated rings. The predicted molar refractivity (Wildman–Crippen MR) is 95.6 cm³/mol. The Hall–Kier alpha value is -2.71. The molecule has 1 aromatic rings. The third kappa shape index (κ3) is 5.64. The molecule has 0 saturated heterocycles. The molecule has 1 rings (SSSR count). The molecule has 0 spiro atoms. The number of benzene rings is 1. The zero-order valence-corrected chi connectivity index (χ0v) is 16.5. The maximum Gasteiger partial charge on any atom is 0.408 e. The molecule has 1 amide bonds. The fourth-order valence-corrected chi connectivity index (χ4v) is 2.32. The van der Waals surface area contributed by atoms with E-state index in [-0.39, 0.29) is 13.2 Å². The summed E-state index contributed by atoms with van der Waals surface area (Å²) < 4.78 is 44.7. The van der Waals surface area contributed by atoms with Gasteiger partial charge in [-0.3, -0.25) is 0 Å². The molecule has 1 aromatic carbocycles. The molecule has 0 aromatic heterocycles. The quantitative estimate of drug-likeness (QED) is 0.429. The van der Waals surface area contributed by atoms with Gasteiger partial charge in [0.15, 0.2) is 0 Å². The van der Waals surface area contributed by atoms with Crippen LogP contribution in [0.5, 0.6) is 0 Å². The van der Waals surface area contributed by atoms with E-state index < -0.39 is 46.7 Å². The first-order chi connectivity index (χ1) is 13.0. The first kappa shape index (κ1) is 23.3. The van der Waals surface area contributed by atoms with Crippen molar-refractivity contribution in [1.82, 2.24) is 5.32 Å². The summed E-state index contributed by atoms with van der Waals surface area (Å²) in [5, 5.41) is 2.07. The van der Waals surface area contributed by atoms with Crippen molar-refractivity contribution < 1.29 is 37.4 Å². The average Bonchev–Trinajstić information content (AvgIpc) is 2.58. The zero-order chi connectivity index (χ0) is 21.5. The number of ether oxygens (including phenoxy) is 3. The van der Waals surface area contributed by atoms with Gasteiger partial charge in [-0.1, -0.05) is 18.2 Å². The first-order valence-electron chi connectivity index (χ1n) is 8.74. The van der Waals surface area contributed by atoms with Crippen LogP contribution in [0, 0.1) is 5.82 Å². The highest BCUT2D eigenvalue weighted by atomic mass is 19.1. The van der Waals surface area contributed by atoms with Gasteiger partial charge in [0.05, 0.1) is 13.2 Å². The molecule has 7 nitrogen and oxygen atoms in total. The van der Waals surface area contributed by atoms with Gasteiger partial charge < -0.3 is 19.5 Å². The maximum atomic E-state index is 15.9. The second-order valence-electron chi connectivity index (χ2n) is 6.75. The van der Waals surface area contributed by atoms with E-state index in [1.165, 1.54) is 26.0 Å². The highest BCUT2D eigenvalue weighted by molar-refractivity contribution is 6.05. The molecule has 0 unspecified atom stereocenters. The summed E-state index contributed by atoms with van der Waals surface area (Å²) in [6.07, 6.45) is -1.16. The molecule has 0 saturated carbocycles. The van der Waals surface area contributed by atoms with Crippen molar-refractivity contribution >= 4 is 18.0 Å². The molecule has 0 aliphatic heterocycles. The number of rotatable bonds is 7. The van der Waals surface area contributed by atoms with Crippen LogP contribution < -0.4 is 5.32 Å². The van der Waals surface area contributed by atoms with Gasteiger partial charge in [0.2, 0.25) is 0 Å². The fourth-order valence-electron chi connectivity index (χ4n) is 2.32. The smallest absolute Gasteiger partial charge is 0.408 e. The van der Waals surface area contributed by atoms with Crippen molar-refractivity contribution in [3.05, 3.63) is 35.6 Å². The highest BCUT2D eigenvalue weighted by Crippen LogP contribution is 2.34. The minimum atomic E-state index is -3.54. The van der Waals surface area contributed by atoms with Gasteiger partial charge in [-0.25, -0.2) is 23.2 Å². The van der Waals surface area contributed by atoms with E-state index in [4.69, 9.17) is 4.74 Å². The van der Waals surface area contributed by atoms with Crippen molar-refractivity contribution in [2.24, 2.45) is 0 Å². The van der Waals surface area contributed by atoms with Gasteiger partial charge in [0, 0.05) is 5.56 Å². The normalized spacial score (nSPS) is 12.7. The first-order valence-corrected chi connectivity index (χ1v) is 8.74. The fraction of sp³-hybridized carbons (Fsp3) is 0.526. The van der Waals surface area contributed by atoms with E-state index in [0.717, 1.165) is 12.1 Å². The lowest BCUT2D eigenvalue weighted by Gasteiger charge is -2.31. The van der Waals surface area contributed by atoms with Gasteiger partial charge in [-0.05, 0) is 40.7 Å². The minimum Gasteiger partial charge on any atom is -0.463 e. The lowest BCUT2D eigenvalue weighted by atomic mass is 9.89. The lowest BCUT2D eigenvalue weighted by molar-refractivity contribution is -0.177. The Morgan fingerprint density at radius 3 is 1.96 bits per heavy atom. The van der Waals surface area contributed by atoms with Crippen molar-refractivity contribution in [3.8, 4) is 0 Å². The number of nitrogens with one attached hydrogen (secondary N) is 1. The van der Waals surface area contributed by atoms with E-state index in [9.17, 15) is 18.8 Å². The Morgan fingerprint density at radius 2 is 1.54 bits per heavy atom. The summed E-state index contributed by atoms with van der Waals surface area (Å²) in [5.41, 5.74) is -4.95. The van der Waals surface area contributed by atoms with Crippen LogP contribution in [-0.4, -0.2) is 42.5 Å². The number of hydrogen-bond donors (Lipinski definition) is 1. The van der Waals surface area contributed by atoms with Gasteiger partial charge in [-0.15, -0.1) is 0 Å². The molecule has 1 N–H and O–H groups in total. The minimum absolute atomic E-state index is 0.250. The molecule has 0 heterocycles. The molecule has 9 heteroatoms. The van der Waals surface area contributed by atoms with Crippen LogP contribution in [0.1, 0.15) is 46.2 Å². The molecule has 1 atom stereocenters. The zero-order valence-electron chi connectivity index (χ0n) is 16.5. The summed E-state index contributed by atoms with van der Waals surface area (Å²) in [6.45, 7) is 6.99. The van der Waals surface area contributed by atoms with E-state index in [1.54, 1.807) is 20.8 Å². The Kier molecular flexibility index (Phi) is 7.89. The van der Waals surface area contributed by atoms with Gasteiger partial charge in [0.1, 0.15) is 17.5 Å². The van der Waals surface area contributed by atoms with E-state index in [1.807, 2.05) is 0 Å². The Labute approximate surface area is 162 Å². The van der Waals surface area contributed by atoms with Crippen LogP contribution in [0.25, 0.3) is 0 Å². The molecule has 0 bridgehead atoms. The predicted octanol–water partition coefficient (Wildman–Crippen LogP) is 3.23. The lowest BCUT2D eigenvalue weighted by Crippen LogP contribution is -2.56. The Bertz CT molecular complexity index is 699. The summed E-state index contributed by atoms with van der Waals surface area (Å²) in [4.78, 5) is 37.0. The highest BCUT2D eigenvalue weighted by Gasteiger charge is 2.58. The largest absolute Gasteiger partial charge is 0.463 e. The number of amides is 1. The number of halogens is 2. The number of esters is 2. The summed E-state index contributed by atoms with van der Waals surface area (Å²) in [6, 6.07) is 2.73. The number of carbonyl (C=O) groups excluding carboxylic acids is 3. The van der Waals surface area contributed by atoms with Gasteiger partial charge in [0.25, 0.3) is 0 Å². The maximum absolute atomic E-state index is 15.9. The summed E-state index contributed by atoms with van der Waals surface area (Å²) >= 11 is 0. The second-order valence-corrected chi connectivity index (χ2v) is 6.75. The van der Waals surface area contributed by atoms with Crippen LogP contribution in [0.3, 0.4) is 0 Å². The third-order valence-electron chi connectivity index (χ3n) is 3.42. The van der Waals surface area contributed by atoms with Crippen molar-refractivity contribution in [1.29, 1.82) is 0 Å². The molecular formula is C19H25F2NO6. The van der Waals surface area contributed by atoms with Crippen molar-refractivity contribution in [2.45, 2.75) is 51.9 Å². The monoisotopic (exact) mass is 401 g/mol. The van der Waals surface area contributed by atoms with Crippen LogP contribution in [-0.2, 0) is 23.8 Å². The summed E-state index contributed by atoms with van der Waals surface area (Å²) in [5.74, 6) is -4.17. The van der Waals surface area contributed by atoms with E-state index in [2.05, 4.69) is 14.8 Å². The molecule has 0 aliphatic carbocycles. The average molecular weight is 401 g/mol. The number of alkyl halides is 1. The number of hydrogen-bond acceptors (Lipinski definition) is 6. The second kappa shape index (κ2) is 9.48. The topological polar surface area (TPSA) is 90.9 Å². The van der Waals surface area contributed by atoms with E-state index in [0.29, 0.717) is 0 Å². The number of carbonyl (C=O) groups is 3. The Balaban J connectivity index is 3.51. The van der Waals surface area contributed by atoms with Crippen LogP contribution in [0.4, 0.5) is 13.6 Å². The third-order valence-corrected chi connectivity index (χ3v) is 3.42. The SMILES string of the molecule is CCOC(=O)C(F)(C(=O)OCC)[C@H](NC(=O)OC(C)(C)C)c1ccccc1F. The molecule has 0 aliphatic rings. The molecule has 0 radical (unpaired) electrons. The van der Waals surface area contributed by atoms with E-state index >= 15 is 4.39 Å². The van der Waals surface area contributed by atoms with Crippen molar-refractivity contribution in [3.63, 3.8) is 0 Å². The standard InChI is InChI=1S/C19H25F2NO6/c1-6-26-15(23)19(21,16(24)27-7-2)14(12-10-8-9-11-13(12)20)22-17(25)28-18(3,4)5/h8-11,14H,6-7H2,1-5H3,(H,22,25)/t14-/m1/s1. The molecular weight excluding hydrogens is 376 g/mol. The molecule has 28 heavy (non-hydrogen) atoms. The summed E-state index contributed by atoms with van der Waals surface area (Å²) in [7, 11) is 0. The number of alkyl carbamates (subject to hydrolysis) is 1. The van der Waals surface area contributed by atoms with Crippen LogP contribution >= 0.6 is 0 Å². The van der Waals surface area contributed by atoms with Crippen LogP contribution in [0.2, 0.25) is 0 Å². The van der Waals surface area contributed by atoms with Crippen molar-refractivity contribution in [2.75, 3.05) is 13.2 Å². The Morgan fingerprint density at radius 1 is 1.04 bits per heavy atom. The molecule has 156 valence electrons.